The normalized spacial score (nSPS) is 10.7. The molecule has 0 aliphatic heterocycles. The zero-order chi connectivity index (χ0) is 16.7. The maximum atomic E-state index is 11.8. The molecule has 0 saturated heterocycles. The highest BCUT2D eigenvalue weighted by Crippen LogP contribution is 2.16. The minimum absolute atomic E-state index is 0.274. The molecule has 23 heavy (non-hydrogen) atoms. The first-order valence-corrected chi connectivity index (χ1v) is 7.46. The van der Waals surface area contributed by atoms with E-state index in [0.717, 1.165) is 16.9 Å². The van der Waals surface area contributed by atoms with E-state index in [-0.39, 0.29) is 5.91 Å². The van der Waals surface area contributed by atoms with Crippen LogP contribution in [0.25, 0.3) is 0 Å². The number of rotatable bonds is 6. The molecule has 4 nitrogen and oxygen atoms in total. The van der Waals surface area contributed by atoms with Gasteiger partial charge in [0.1, 0.15) is 17.8 Å². The quantitative estimate of drug-likeness (QED) is 0.889. The van der Waals surface area contributed by atoms with Crippen molar-refractivity contribution in [2.75, 3.05) is 0 Å². The molecule has 0 atom stereocenters. The summed E-state index contributed by atoms with van der Waals surface area (Å²) in [4.78, 5) is 11.8. The van der Waals surface area contributed by atoms with Crippen molar-refractivity contribution in [1.82, 2.24) is 5.32 Å². The van der Waals surface area contributed by atoms with E-state index in [1.807, 2.05) is 60.7 Å². The van der Waals surface area contributed by atoms with Gasteiger partial charge in [0, 0.05) is 6.54 Å². The minimum atomic E-state index is -1.02. The minimum Gasteiger partial charge on any atom is -0.489 e. The van der Waals surface area contributed by atoms with Gasteiger partial charge < -0.3 is 10.1 Å². The van der Waals surface area contributed by atoms with Crippen LogP contribution in [0.5, 0.6) is 5.75 Å². The van der Waals surface area contributed by atoms with Gasteiger partial charge in [0.05, 0.1) is 6.07 Å². The Labute approximate surface area is 136 Å². The van der Waals surface area contributed by atoms with Gasteiger partial charge in [-0.05, 0) is 37.1 Å². The monoisotopic (exact) mass is 308 g/mol. The van der Waals surface area contributed by atoms with Gasteiger partial charge in [0.15, 0.2) is 0 Å². The van der Waals surface area contributed by atoms with E-state index in [1.54, 1.807) is 13.8 Å². The highest BCUT2D eigenvalue weighted by Gasteiger charge is 2.26. The highest BCUT2D eigenvalue weighted by atomic mass is 16.5. The standard InChI is InChI=1S/C19H20N2O2/c1-19(2,14-20)18(22)21-12-15-8-10-17(11-9-15)23-13-16-6-4-3-5-7-16/h3-11H,12-13H2,1-2H3,(H,21,22). The van der Waals surface area contributed by atoms with Gasteiger partial charge in [-0.15, -0.1) is 0 Å². The van der Waals surface area contributed by atoms with Crippen LogP contribution in [-0.2, 0) is 17.9 Å². The van der Waals surface area contributed by atoms with Crippen LogP contribution >= 0.6 is 0 Å². The fourth-order valence-corrected chi connectivity index (χ4v) is 1.90. The number of nitrogens with zero attached hydrogens (tertiary/aromatic N) is 1. The predicted octanol–water partition coefficient (Wildman–Crippen LogP) is 3.43. The molecule has 0 radical (unpaired) electrons. The smallest absolute Gasteiger partial charge is 0.240 e. The van der Waals surface area contributed by atoms with Crippen LogP contribution in [-0.4, -0.2) is 5.91 Å². The number of hydrogen-bond acceptors (Lipinski definition) is 3. The molecule has 0 bridgehead atoms. The van der Waals surface area contributed by atoms with Crippen molar-refractivity contribution in [3.8, 4) is 11.8 Å². The third-order valence-electron chi connectivity index (χ3n) is 3.47. The Morgan fingerprint density at radius 2 is 1.74 bits per heavy atom. The Morgan fingerprint density at radius 3 is 2.35 bits per heavy atom. The predicted molar refractivity (Wildman–Crippen MR) is 88.5 cm³/mol. The SMILES string of the molecule is CC(C)(C#N)C(=O)NCc1ccc(OCc2ccccc2)cc1. The molecular weight excluding hydrogens is 288 g/mol. The van der Waals surface area contributed by atoms with Gasteiger partial charge in [-0.25, -0.2) is 0 Å². The third kappa shape index (κ3) is 4.86. The Kier molecular flexibility index (Phi) is 5.37. The molecule has 1 N–H and O–H groups in total. The molecule has 0 aliphatic carbocycles. The third-order valence-corrected chi connectivity index (χ3v) is 3.47. The van der Waals surface area contributed by atoms with Gasteiger partial charge in [0.2, 0.25) is 5.91 Å². The lowest BCUT2D eigenvalue weighted by atomic mass is 9.95. The molecule has 0 aliphatic rings. The molecule has 118 valence electrons. The Morgan fingerprint density at radius 1 is 1.09 bits per heavy atom. The number of hydrogen-bond donors (Lipinski definition) is 1. The van der Waals surface area contributed by atoms with Crippen molar-refractivity contribution in [1.29, 1.82) is 5.26 Å². The molecule has 0 unspecified atom stereocenters. The fraction of sp³-hybridized carbons (Fsp3) is 0.263. The van der Waals surface area contributed by atoms with Crippen LogP contribution in [0.3, 0.4) is 0 Å². The molecule has 0 heterocycles. The van der Waals surface area contributed by atoms with Crippen molar-refractivity contribution in [2.24, 2.45) is 5.41 Å². The molecule has 0 aromatic heterocycles. The number of carbonyl (C=O) groups is 1. The fourth-order valence-electron chi connectivity index (χ4n) is 1.90. The number of amides is 1. The topological polar surface area (TPSA) is 62.1 Å². The first kappa shape index (κ1) is 16.6. The molecule has 0 spiro atoms. The second-order valence-electron chi connectivity index (χ2n) is 5.84. The van der Waals surface area contributed by atoms with Gasteiger partial charge in [-0.3, -0.25) is 4.79 Å². The van der Waals surface area contributed by atoms with Crippen molar-refractivity contribution < 1.29 is 9.53 Å². The van der Waals surface area contributed by atoms with E-state index in [1.165, 1.54) is 0 Å². The number of ether oxygens (including phenoxy) is 1. The van der Waals surface area contributed by atoms with Crippen LogP contribution in [0.15, 0.2) is 54.6 Å². The summed E-state index contributed by atoms with van der Waals surface area (Å²) in [6.45, 7) is 4.11. The van der Waals surface area contributed by atoms with Gasteiger partial charge in [0.25, 0.3) is 0 Å². The van der Waals surface area contributed by atoms with Gasteiger partial charge >= 0.3 is 0 Å². The average Bonchev–Trinajstić information content (AvgIpc) is 2.59. The molecule has 2 aromatic rings. The summed E-state index contributed by atoms with van der Waals surface area (Å²) in [6.07, 6.45) is 0. The van der Waals surface area contributed by atoms with Gasteiger partial charge in [-0.2, -0.15) is 5.26 Å². The zero-order valence-electron chi connectivity index (χ0n) is 13.4. The van der Waals surface area contributed by atoms with E-state index in [9.17, 15) is 4.79 Å². The Balaban J connectivity index is 1.85. The molecule has 0 saturated carbocycles. The largest absolute Gasteiger partial charge is 0.489 e. The molecule has 4 heteroatoms. The average molecular weight is 308 g/mol. The van der Waals surface area contributed by atoms with Crippen molar-refractivity contribution in [3.63, 3.8) is 0 Å². The number of nitrogens with one attached hydrogen (secondary N) is 1. The Bertz CT molecular complexity index is 686. The first-order chi connectivity index (χ1) is 11.0. The molecule has 2 rings (SSSR count). The van der Waals surface area contributed by atoms with E-state index < -0.39 is 5.41 Å². The maximum Gasteiger partial charge on any atom is 0.240 e. The second-order valence-corrected chi connectivity index (χ2v) is 5.84. The first-order valence-electron chi connectivity index (χ1n) is 7.46. The zero-order valence-corrected chi connectivity index (χ0v) is 13.4. The second kappa shape index (κ2) is 7.46. The molecular formula is C19H20N2O2. The summed E-state index contributed by atoms with van der Waals surface area (Å²) < 4.78 is 5.71. The summed E-state index contributed by atoms with van der Waals surface area (Å²) in [5.74, 6) is 0.505. The van der Waals surface area contributed by atoms with E-state index in [2.05, 4.69) is 5.32 Å². The number of benzene rings is 2. The van der Waals surface area contributed by atoms with Crippen molar-refractivity contribution in [3.05, 3.63) is 65.7 Å². The van der Waals surface area contributed by atoms with Crippen LogP contribution in [0.4, 0.5) is 0 Å². The van der Waals surface area contributed by atoms with E-state index in [0.29, 0.717) is 13.2 Å². The Hall–Kier alpha value is -2.80. The van der Waals surface area contributed by atoms with Gasteiger partial charge in [-0.1, -0.05) is 42.5 Å². The molecule has 0 fully saturated rings. The number of nitriles is 1. The summed E-state index contributed by atoms with van der Waals surface area (Å²) in [6, 6.07) is 19.5. The molecule has 1 amide bonds. The van der Waals surface area contributed by atoms with Crippen LogP contribution in [0, 0.1) is 16.7 Å². The lowest BCUT2D eigenvalue weighted by Gasteiger charge is -2.15. The summed E-state index contributed by atoms with van der Waals surface area (Å²) in [7, 11) is 0. The highest BCUT2D eigenvalue weighted by molar-refractivity contribution is 5.84. The summed E-state index contributed by atoms with van der Waals surface area (Å²) in [5.41, 5.74) is 1.06. The van der Waals surface area contributed by atoms with E-state index >= 15 is 0 Å². The van der Waals surface area contributed by atoms with E-state index in [4.69, 9.17) is 10.00 Å². The molecule has 2 aromatic carbocycles. The number of carbonyl (C=O) groups excluding carboxylic acids is 1. The summed E-state index contributed by atoms with van der Waals surface area (Å²) in [5, 5.41) is 11.7. The maximum absolute atomic E-state index is 11.8. The lowest BCUT2D eigenvalue weighted by molar-refractivity contribution is -0.126. The van der Waals surface area contributed by atoms with Crippen molar-refractivity contribution >= 4 is 5.91 Å². The van der Waals surface area contributed by atoms with Crippen LogP contribution in [0.1, 0.15) is 25.0 Å². The van der Waals surface area contributed by atoms with Crippen LogP contribution in [0.2, 0.25) is 0 Å². The summed E-state index contributed by atoms with van der Waals surface area (Å²) >= 11 is 0. The van der Waals surface area contributed by atoms with Crippen LogP contribution < -0.4 is 10.1 Å². The van der Waals surface area contributed by atoms with Crippen molar-refractivity contribution in [2.45, 2.75) is 27.0 Å². The lowest BCUT2D eigenvalue weighted by Crippen LogP contribution is -2.35.